The van der Waals surface area contributed by atoms with Crippen LogP contribution in [0.4, 0.5) is 11.5 Å². The summed E-state index contributed by atoms with van der Waals surface area (Å²) in [6.07, 6.45) is 3.64. The Morgan fingerprint density at radius 3 is 2.88 bits per heavy atom. The number of rotatable bonds is 6. The highest BCUT2D eigenvalue weighted by atomic mass is 16.5. The molecule has 4 heteroatoms. The van der Waals surface area contributed by atoms with Crippen molar-refractivity contribution >= 4 is 11.5 Å². The van der Waals surface area contributed by atoms with Crippen molar-refractivity contribution in [3.63, 3.8) is 0 Å². The first kappa shape index (κ1) is 12.0. The highest BCUT2D eigenvalue weighted by Gasteiger charge is 2.22. The van der Waals surface area contributed by atoms with Crippen molar-refractivity contribution in [1.82, 2.24) is 4.98 Å². The van der Waals surface area contributed by atoms with Crippen molar-refractivity contribution < 1.29 is 4.74 Å². The summed E-state index contributed by atoms with van der Waals surface area (Å²) in [6, 6.07) is 3.81. The minimum atomic E-state index is 0.581. The fourth-order valence-corrected chi connectivity index (χ4v) is 1.70. The molecule has 0 bridgehead atoms. The van der Waals surface area contributed by atoms with Crippen LogP contribution in [0.25, 0.3) is 0 Å². The standard InChI is InChI=1S/C13H21N3O/c1-3-8-16(2)12-7-6-11(14)13(15-12)17-9-10-4-5-10/h6-7,10H,3-5,8-9,14H2,1-2H3. The van der Waals surface area contributed by atoms with E-state index in [1.165, 1.54) is 12.8 Å². The van der Waals surface area contributed by atoms with Crippen LogP contribution in [0, 0.1) is 5.92 Å². The molecule has 1 aliphatic carbocycles. The second kappa shape index (κ2) is 5.25. The second-order valence-electron chi connectivity index (χ2n) is 4.74. The summed E-state index contributed by atoms with van der Waals surface area (Å²) in [5.41, 5.74) is 6.49. The Hall–Kier alpha value is -1.45. The van der Waals surface area contributed by atoms with Gasteiger partial charge in [-0.2, -0.15) is 4.98 Å². The molecule has 0 radical (unpaired) electrons. The smallest absolute Gasteiger partial charge is 0.239 e. The van der Waals surface area contributed by atoms with Gasteiger partial charge in [0.05, 0.1) is 12.3 Å². The van der Waals surface area contributed by atoms with Crippen LogP contribution in [0.2, 0.25) is 0 Å². The van der Waals surface area contributed by atoms with Crippen molar-refractivity contribution in [2.24, 2.45) is 5.92 Å². The first-order valence-electron chi connectivity index (χ1n) is 6.31. The van der Waals surface area contributed by atoms with E-state index in [-0.39, 0.29) is 0 Å². The summed E-state index contributed by atoms with van der Waals surface area (Å²) in [5.74, 6) is 2.22. The van der Waals surface area contributed by atoms with E-state index in [2.05, 4.69) is 16.8 Å². The Morgan fingerprint density at radius 2 is 2.24 bits per heavy atom. The second-order valence-corrected chi connectivity index (χ2v) is 4.74. The van der Waals surface area contributed by atoms with Crippen LogP contribution in [0.1, 0.15) is 26.2 Å². The van der Waals surface area contributed by atoms with E-state index in [1.54, 1.807) is 0 Å². The largest absolute Gasteiger partial charge is 0.476 e. The molecule has 1 aliphatic rings. The molecule has 0 atom stereocenters. The molecule has 1 aromatic rings. The van der Waals surface area contributed by atoms with Crippen LogP contribution in [-0.4, -0.2) is 25.2 Å². The lowest BCUT2D eigenvalue weighted by atomic mass is 10.3. The van der Waals surface area contributed by atoms with E-state index < -0.39 is 0 Å². The molecule has 0 unspecified atom stereocenters. The molecule has 0 spiro atoms. The van der Waals surface area contributed by atoms with Gasteiger partial charge in [0, 0.05) is 13.6 Å². The number of nitrogens with zero attached hydrogens (tertiary/aromatic N) is 2. The molecule has 2 N–H and O–H groups in total. The van der Waals surface area contributed by atoms with E-state index in [9.17, 15) is 0 Å². The van der Waals surface area contributed by atoms with E-state index in [0.717, 1.165) is 25.4 Å². The molecular weight excluding hydrogens is 214 g/mol. The minimum absolute atomic E-state index is 0.581. The molecule has 0 amide bonds. The molecule has 2 rings (SSSR count). The average Bonchev–Trinajstić information content (AvgIpc) is 3.12. The van der Waals surface area contributed by atoms with Crippen molar-refractivity contribution in [2.45, 2.75) is 26.2 Å². The molecule has 0 aromatic carbocycles. The Kier molecular flexibility index (Phi) is 3.71. The zero-order chi connectivity index (χ0) is 12.3. The monoisotopic (exact) mass is 235 g/mol. The van der Waals surface area contributed by atoms with Crippen molar-refractivity contribution in [3.8, 4) is 5.88 Å². The lowest BCUT2D eigenvalue weighted by Crippen LogP contribution is -2.19. The third kappa shape index (κ3) is 3.25. The fraction of sp³-hybridized carbons (Fsp3) is 0.615. The summed E-state index contributed by atoms with van der Waals surface area (Å²) in [4.78, 5) is 6.58. The van der Waals surface area contributed by atoms with Crippen LogP contribution >= 0.6 is 0 Å². The number of hydrogen-bond donors (Lipinski definition) is 1. The zero-order valence-electron chi connectivity index (χ0n) is 10.6. The van der Waals surface area contributed by atoms with Gasteiger partial charge in [0.2, 0.25) is 5.88 Å². The van der Waals surface area contributed by atoms with E-state index in [1.807, 2.05) is 19.2 Å². The van der Waals surface area contributed by atoms with Crippen LogP contribution in [-0.2, 0) is 0 Å². The number of nitrogen functional groups attached to an aromatic ring is 1. The number of hydrogen-bond acceptors (Lipinski definition) is 4. The Labute approximate surface area is 103 Å². The number of pyridine rings is 1. The highest BCUT2D eigenvalue weighted by Crippen LogP contribution is 2.31. The topological polar surface area (TPSA) is 51.4 Å². The van der Waals surface area contributed by atoms with Gasteiger partial charge in [-0.15, -0.1) is 0 Å². The van der Waals surface area contributed by atoms with Gasteiger partial charge in [0.15, 0.2) is 0 Å². The summed E-state index contributed by atoms with van der Waals surface area (Å²) in [5, 5.41) is 0. The van der Waals surface area contributed by atoms with Crippen LogP contribution in [0.15, 0.2) is 12.1 Å². The molecule has 1 fully saturated rings. The highest BCUT2D eigenvalue weighted by molar-refractivity contribution is 5.54. The van der Waals surface area contributed by atoms with E-state index >= 15 is 0 Å². The Bertz CT molecular complexity index is 377. The van der Waals surface area contributed by atoms with Gasteiger partial charge < -0.3 is 15.4 Å². The lowest BCUT2D eigenvalue weighted by molar-refractivity contribution is 0.290. The molecular formula is C13H21N3O. The average molecular weight is 235 g/mol. The molecule has 94 valence electrons. The SMILES string of the molecule is CCCN(C)c1ccc(N)c(OCC2CC2)n1. The molecule has 0 saturated heterocycles. The predicted octanol–water partition coefficient (Wildman–Crippen LogP) is 2.30. The van der Waals surface area contributed by atoms with Gasteiger partial charge in [-0.05, 0) is 37.3 Å². The first-order chi connectivity index (χ1) is 8.20. The first-order valence-corrected chi connectivity index (χ1v) is 6.31. The number of nitrogens with two attached hydrogens (primary N) is 1. The molecule has 17 heavy (non-hydrogen) atoms. The quantitative estimate of drug-likeness (QED) is 0.822. The molecule has 1 heterocycles. The maximum atomic E-state index is 5.86. The van der Waals surface area contributed by atoms with E-state index in [4.69, 9.17) is 10.5 Å². The van der Waals surface area contributed by atoms with Gasteiger partial charge in [0.25, 0.3) is 0 Å². The van der Waals surface area contributed by atoms with E-state index in [0.29, 0.717) is 17.5 Å². The number of anilines is 2. The maximum Gasteiger partial charge on any atom is 0.239 e. The molecule has 1 aromatic heterocycles. The predicted molar refractivity (Wildman–Crippen MR) is 70.4 cm³/mol. The third-order valence-corrected chi connectivity index (χ3v) is 2.98. The molecule has 4 nitrogen and oxygen atoms in total. The van der Waals surface area contributed by atoms with Crippen LogP contribution in [0.5, 0.6) is 5.88 Å². The van der Waals surface area contributed by atoms with Gasteiger partial charge in [-0.25, -0.2) is 0 Å². The third-order valence-electron chi connectivity index (χ3n) is 2.98. The maximum absolute atomic E-state index is 5.86. The van der Waals surface area contributed by atoms with Crippen LogP contribution in [0.3, 0.4) is 0 Å². The molecule has 1 saturated carbocycles. The number of ether oxygens (including phenoxy) is 1. The summed E-state index contributed by atoms with van der Waals surface area (Å²) < 4.78 is 5.67. The van der Waals surface area contributed by atoms with Gasteiger partial charge >= 0.3 is 0 Å². The normalized spacial score (nSPS) is 14.7. The van der Waals surface area contributed by atoms with Crippen molar-refractivity contribution in [3.05, 3.63) is 12.1 Å². The van der Waals surface area contributed by atoms with Crippen LogP contribution < -0.4 is 15.4 Å². The molecule has 0 aliphatic heterocycles. The summed E-state index contributed by atoms with van der Waals surface area (Å²) in [6.45, 7) is 3.88. The van der Waals surface area contributed by atoms with Gasteiger partial charge in [0.1, 0.15) is 5.82 Å². The lowest BCUT2D eigenvalue weighted by Gasteiger charge is -2.18. The Morgan fingerprint density at radius 1 is 1.47 bits per heavy atom. The number of aromatic nitrogens is 1. The Balaban J connectivity index is 2.04. The van der Waals surface area contributed by atoms with Gasteiger partial charge in [-0.1, -0.05) is 6.92 Å². The van der Waals surface area contributed by atoms with Crippen molar-refractivity contribution in [2.75, 3.05) is 30.8 Å². The zero-order valence-corrected chi connectivity index (χ0v) is 10.6. The summed E-state index contributed by atoms with van der Waals surface area (Å²) in [7, 11) is 2.03. The van der Waals surface area contributed by atoms with Gasteiger partial charge in [-0.3, -0.25) is 0 Å². The summed E-state index contributed by atoms with van der Waals surface area (Å²) >= 11 is 0. The fourth-order valence-electron chi connectivity index (χ4n) is 1.70. The minimum Gasteiger partial charge on any atom is -0.476 e. The van der Waals surface area contributed by atoms with Crippen molar-refractivity contribution in [1.29, 1.82) is 0 Å².